The number of piperidine rings is 2. The van der Waals surface area contributed by atoms with Crippen molar-refractivity contribution in [1.82, 2.24) is 24.2 Å². The Morgan fingerprint density at radius 1 is 0.957 bits per heavy atom. The number of imidazole rings is 1. The number of nitrogens with one attached hydrogen (secondary N) is 1. The van der Waals surface area contributed by atoms with Crippen LogP contribution in [-0.2, 0) is 10.0 Å². The zero-order chi connectivity index (χ0) is 32.1. The maximum atomic E-state index is 14.1. The van der Waals surface area contributed by atoms with Gasteiger partial charge in [0.2, 0.25) is 10.0 Å². The number of ether oxygens (including phenoxy) is 1. The van der Waals surface area contributed by atoms with Gasteiger partial charge in [-0.25, -0.2) is 13.4 Å². The van der Waals surface area contributed by atoms with Crippen molar-refractivity contribution < 1.29 is 17.9 Å². The summed E-state index contributed by atoms with van der Waals surface area (Å²) >= 11 is 0. The van der Waals surface area contributed by atoms with Crippen molar-refractivity contribution in [1.29, 1.82) is 0 Å². The van der Waals surface area contributed by atoms with Crippen LogP contribution >= 0.6 is 0 Å². The van der Waals surface area contributed by atoms with E-state index in [2.05, 4.69) is 27.0 Å². The molecule has 3 fully saturated rings. The minimum Gasteiger partial charge on any atom is -0.497 e. The number of nitrogens with zero attached hydrogens (tertiary/aromatic N) is 5. The molecular weight excluding hydrogens is 600 g/mol. The molecule has 11 heteroatoms. The van der Waals surface area contributed by atoms with Crippen LogP contribution in [0.2, 0.25) is 0 Å². The van der Waals surface area contributed by atoms with Crippen LogP contribution in [0.1, 0.15) is 71.9 Å². The summed E-state index contributed by atoms with van der Waals surface area (Å²) in [5, 5.41) is 0. The fourth-order valence-electron chi connectivity index (χ4n) is 7.89. The van der Waals surface area contributed by atoms with E-state index < -0.39 is 16.1 Å². The second-order valence-electron chi connectivity index (χ2n) is 13.2. The lowest BCUT2D eigenvalue weighted by molar-refractivity contribution is 0.0516. The van der Waals surface area contributed by atoms with Crippen molar-refractivity contribution in [3.05, 3.63) is 77.4 Å². The molecule has 0 saturated carbocycles. The number of hydrogen-bond acceptors (Lipinski definition) is 7. The molecular formula is C35H42N6O4S. The molecule has 5 heterocycles. The molecule has 10 nitrogen and oxygen atoms in total. The summed E-state index contributed by atoms with van der Waals surface area (Å²) in [5.74, 6) is 1.22. The number of aromatic amines is 1. The van der Waals surface area contributed by atoms with Crippen molar-refractivity contribution in [3.8, 4) is 5.75 Å². The first-order valence-corrected chi connectivity index (χ1v) is 17.7. The third kappa shape index (κ3) is 5.43. The fraction of sp³-hybridized carbons (Fsp3) is 0.457. The standard InChI is InChI=1S/C35H42N6O4S/c1-24-22-27(45-3)23-25(2)32(24)46(43,44)41-17-5-8-30(41)33-37-29-7-4-6-28(31(29)38-33)34(42)40-20-13-35(14-21-40)11-18-39(19-12-35)26-9-15-36-16-10-26/h4,6-7,9-10,15-16,22-23,30H,5,8,11-14,17-21H2,1-3H3,(H,37,38). The zero-order valence-corrected chi connectivity index (χ0v) is 27.6. The van der Waals surface area contributed by atoms with Gasteiger partial charge in [0.1, 0.15) is 11.6 Å². The van der Waals surface area contributed by atoms with E-state index in [9.17, 15) is 13.2 Å². The van der Waals surface area contributed by atoms with Crippen LogP contribution in [0.5, 0.6) is 5.75 Å². The van der Waals surface area contributed by atoms with Crippen molar-refractivity contribution >= 4 is 32.7 Å². The number of anilines is 1. The van der Waals surface area contributed by atoms with Crippen LogP contribution in [-0.4, -0.2) is 78.3 Å². The minimum absolute atomic E-state index is 0.00486. The second-order valence-corrected chi connectivity index (χ2v) is 15.0. The molecule has 2 aromatic heterocycles. The Bertz CT molecular complexity index is 1830. The van der Waals surface area contributed by atoms with Crippen LogP contribution in [0, 0.1) is 19.3 Å². The first kappa shape index (κ1) is 30.7. The number of likely N-dealkylation sites (tertiary alicyclic amines) is 1. The number of amides is 1. The highest BCUT2D eigenvalue weighted by Crippen LogP contribution is 2.43. The number of aromatic nitrogens is 3. The molecule has 1 atom stereocenters. The SMILES string of the molecule is COc1cc(C)c(S(=O)(=O)N2CCCC2c2nc3cccc(C(=O)N4CCC5(CC4)CCN(c4ccncc4)CC5)c3[nH]2)c(C)c1. The number of pyridine rings is 1. The highest BCUT2D eigenvalue weighted by atomic mass is 32.2. The molecule has 0 bridgehead atoms. The van der Waals surface area contributed by atoms with Crippen LogP contribution in [0.4, 0.5) is 5.69 Å². The van der Waals surface area contributed by atoms with E-state index in [0.717, 1.165) is 58.3 Å². The van der Waals surface area contributed by atoms with Gasteiger partial charge in [0.05, 0.1) is 34.6 Å². The Morgan fingerprint density at radius 3 is 2.30 bits per heavy atom. The lowest BCUT2D eigenvalue weighted by atomic mass is 9.71. The van der Waals surface area contributed by atoms with E-state index in [1.165, 1.54) is 5.69 Å². The van der Waals surface area contributed by atoms with Crippen LogP contribution in [0.25, 0.3) is 11.0 Å². The van der Waals surface area contributed by atoms with Crippen molar-refractivity contribution in [3.63, 3.8) is 0 Å². The molecule has 4 aromatic rings. The van der Waals surface area contributed by atoms with E-state index in [1.54, 1.807) is 37.4 Å². The molecule has 242 valence electrons. The van der Waals surface area contributed by atoms with Gasteiger partial charge in [-0.2, -0.15) is 4.31 Å². The number of para-hydroxylation sites is 1. The summed E-state index contributed by atoms with van der Waals surface area (Å²) < 4.78 is 35.0. The molecule has 46 heavy (non-hydrogen) atoms. The summed E-state index contributed by atoms with van der Waals surface area (Å²) in [5.41, 5.74) is 4.77. The maximum Gasteiger partial charge on any atom is 0.256 e. The van der Waals surface area contributed by atoms with E-state index in [1.807, 2.05) is 35.5 Å². The average Bonchev–Trinajstić information content (AvgIpc) is 3.73. The quantitative estimate of drug-likeness (QED) is 0.290. The van der Waals surface area contributed by atoms with Gasteiger partial charge in [0.25, 0.3) is 5.91 Å². The first-order valence-electron chi connectivity index (χ1n) is 16.3. The van der Waals surface area contributed by atoms with Crippen molar-refractivity contribution in [2.45, 2.75) is 63.3 Å². The summed E-state index contributed by atoms with van der Waals surface area (Å²) in [4.78, 5) is 31.1. The Labute approximate surface area is 270 Å². The van der Waals surface area contributed by atoms with E-state index in [4.69, 9.17) is 9.72 Å². The summed E-state index contributed by atoms with van der Waals surface area (Å²) in [6, 6.07) is 12.9. The molecule has 0 radical (unpaired) electrons. The van der Waals surface area contributed by atoms with Gasteiger partial charge in [0, 0.05) is 50.8 Å². The highest BCUT2D eigenvalue weighted by molar-refractivity contribution is 7.89. The molecule has 0 aliphatic carbocycles. The lowest BCUT2D eigenvalue weighted by Gasteiger charge is -2.47. The summed E-state index contributed by atoms with van der Waals surface area (Å²) in [6.07, 6.45) is 9.37. The van der Waals surface area contributed by atoms with Crippen molar-refractivity contribution in [2.75, 3.05) is 44.7 Å². The summed E-state index contributed by atoms with van der Waals surface area (Å²) in [7, 11) is -2.22. The van der Waals surface area contributed by atoms with Gasteiger partial charge in [-0.15, -0.1) is 0 Å². The fourth-order valence-corrected chi connectivity index (χ4v) is 9.96. The Balaban J connectivity index is 1.08. The number of carbonyl (C=O) groups excluding carboxylic acids is 1. The smallest absolute Gasteiger partial charge is 0.256 e. The molecule has 1 unspecified atom stereocenters. The number of rotatable bonds is 6. The number of H-pyrrole nitrogens is 1. The molecule has 3 aliphatic heterocycles. The Hall–Kier alpha value is -3.96. The topological polar surface area (TPSA) is 112 Å². The zero-order valence-electron chi connectivity index (χ0n) is 26.8. The predicted molar refractivity (Wildman–Crippen MR) is 178 cm³/mol. The van der Waals surface area contributed by atoms with Gasteiger partial charge in [-0.1, -0.05) is 6.07 Å². The molecule has 1 amide bonds. The second kappa shape index (κ2) is 12.0. The van der Waals surface area contributed by atoms with Gasteiger partial charge >= 0.3 is 0 Å². The number of benzene rings is 2. The predicted octanol–water partition coefficient (Wildman–Crippen LogP) is 5.63. The third-order valence-corrected chi connectivity index (χ3v) is 12.7. The number of methoxy groups -OCH3 is 1. The van der Waals surface area contributed by atoms with E-state index >= 15 is 0 Å². The molecule has 1 spiro atoms. The molecule has 3 saturated heterocycles. The molecule has 7 rings (SSSR count). The van der Waals surface area contributed by atoms with Crippen LogP contribution in [0.15, 0.2) is 59.8 Å². The molecule has 1 N–H and O–H groups in total. The molecule has 3 aliphatic rings. The minimum atomic E-state index is -3.80. The Morgan fingerprint density at radius 2 is 1.63 bits per heavy atom. The Kier molecular flexibility index (Phi) is 8.01. The molecule has 2 aromatic carbocycles. The van der Waals surface area contributed by atoms with Gasteiger partial charge in [-0.3, -0.25) is 9.78 Å². The van der Waals surface area contributed by atoms with Gasteiger partial charge in [-0.05, 0) is 105 Å². The van der Waals surface area contributed by atoms with Crippen LogP contribution in [0.3, 0.4) is 0 Å². The number of aryl methyl sites for hydroxylation is 2. The number of hydrogen-bond donors (Lipinski definition) is 1. The van der Waals surface area contributed by atoms with Crippen molar-refractivity contribution in [2.24, 2.45) is 5.41 Å². The normalized spacial score (nSPS) is 20.5. The number of carbonyl (C=O) groups is 1. The van der Waals surface area contributed by atoms with E-state index in [-0.39, 0.29) is 11.3 Å². The van der Waals surface area contributed by atoms with Gasteiger partial charge in [0.15, 0.2) is 0 Å². The van der Waals surface area contributed by atoms with Gasteiger partial charge < -0.3 is 19.5 Å². The third-order valence-electron chi connectivity index (χ3n) is 10.5. The summed E-state index contributed by atoms with van der Waals surface area (Å²) in [6.45, 7) is 7.55. The monoisotopic (exact) mass is 642 g/mol. The average molecular weight is 643 g/mol. The first-order chi connectivity index (χ1) is 22.2. The maximum absolute atomic E-state index is 14.1. The number of sulfonamides is 1. The highest BCUT2D eigenvalue weighted by Gasteiger charge is 2.41. The lowest BCUT2D eigenvalue weighted by Crippen LogP contribution is -2.48. The number of fused-ring (bicyclic) bond motifs is 1. The largest absolute Gasteiger partial charge is 0.497 e. The van der Waals surface area contributed by atoms with E-state index in [0.29, 0.717) is 57.2 Å². The van der Waals surface area contributed by atoms with Crippen LogP contribution < -0.4 is 9.64 Å².